The van der Waals surface area contributed by atoms with Gasteiger partial charge in [0.15, 0.2) is 0 Å². The summed E-state index contributed by atoms with van der Waals surface area (Å²) in [6, 6.07) is 0. The zero-order chi connectivity index (χ0) is 14.2. The summed E-state index contributed by atoms with van der Waals surface area (Å²) in [5.41, 5.74) is 0. The third-order valence-electron chi connectivity index (χ3n) is 7.06. The first-order valence-corrected chi connectivity index (χ1v) is 8.63. The van der Waals surface area contributed by atoms with E-state index in [0.29, 0.717) is 23.7 Å². The molecule has 0 aliphatic heterocycles. The zero-order valence-corrected chi connectivity index (χ0v) is 13.6. The molecule has 2 fully saturated rings. The summed E-state index contributed by atoms with van der Waals surface area (Å²) in [6.07, 6.45) is 6.51. The number of hydrogen-bond donors (Lipinski definition) is 1. The molecule has 2 rings (SSSR count). The number of hydrogen-bond acceptors (Lipinski definition) is 1. The lowest BCUT2D eigenvalue weighted by molar-refractivity contribution is -0.0785. The zero-order valence-electron chi connectivity index (χ0n) is 13.6. The van der Waals surface area contributed by atoms with E-state index in [0.717, 1.165) is 17.8 Å². The van der Waals surface area contributed by atoms with Crippen molar-refractivity contribution in [3.8, 4) is 0 Å². The third kappa shape index (κ3) is 2.86. The molecule has 0 aromatic carbocycles. The van der Waals surface area contributed by atoms with E-state index in [1.165, 1.54) is 32.1 Å². The van der Waals surface area contributed by atoms with Gasteiger partial charge in [-0.2, -0.15) is 0 Å². The lowest BCUT2D eigenvalue weighted by atomic mass is 9.56. The maximum absolute atomic E-state index is 11.0. The van der Waals surface area contributed by atoms with Crippen LogP contribution in [0.2, 0.25) is 0 Å². The molecule has 0 radical (unpaired) electrons. The molecule has 1 N–H and O–H groups in total. The van der Waals surface area contributed by atoms with E-state index < -0.39 is 0 Å². The van der Waals surface area contributed by atoms with Crippen LogP contribution in [0.3, 0.4) is 0 Å². The molecule has 2 aliphatic rings. The fourth-order valence-corrected chi connectivity index (χ4v) is 5.03. The molecule has 0 heterocycles. The highest BCUT2D eigenvalue weighted by Gasteiger charge is 2.45. The maximum atomic E-state index is 11.0. The van der Waals surface area contributed by atoms with Crippen molar-refractivity contribution in [1.82, 2.24) is 0 Å². The number of rotatable bonds is 2. The topological polar surface area (TPSA) is 20.2 Å². The summed E-state index contributed by atoms with van der Waals surface area (Å²) in [6.45, 7) is 12.0. The summed E-state index contributed by atoms with van der Waals surface area (Å²) in [4.78, 5) is 0. The molecule has 5 atom stereocenters. The highest BCUT2D eigenvalue weighted by molar-refractivity contribution is 4.94. The van der Waals surface area contributed by atoms with Crippen LogP contribution in [-0.2, 0) is 0 Å². The van der Waals surface area contributed by atoms with Gasteiger partial charge in [0.25, 0.3) is 0 Å². The summed E-state index contributed by atoms with van der Waals surface area (Å²) >= 11 is 0. The van der Waals surface area contributed by atoms with Gasteiger partial charge in [-0.05, 0) is 54.3 Å². The minimum atomic E-state index is -0.0531. The minimum absolute atomic E-state index is 0.0531. The van der Waals surface area contributed by atoms with Gasteiger partial charge in [0.2, 0.25) is 0 Å². The molecule has 19 heavy (non-hydrogen) atoms. The molecule has 0 aromatic heterocycles. The average molecular weight is 266 g/mol. The lowest BCUT2D eigenvalue weighted by Crippen LogP contribution is -2.48. The van der Waals surface area contributed by atoms with Gasteiger partial charge < -0.3 is 5.11 Å². The van der Waals surface area contributed by atoms with Crippen LogP contribution in [0.1, 0.15) is 66.7 Å². The van der Waals surface area contributed by atoms with Crippen molar-refractivity contribution >= 4 is 0 Å². The van der Waals surface area contributed by atoms with Crippen LogP contribution in [0, 0.1) is 41.4 Å². The second-order valence-corrected chi connectivity index (χ2v) is 7.76. The summed E-state index contributed by atoms with van der Waals surface area (Å²) in [5, 5.41) is 11.0. The molecule has 1 heteroatoms. The molecule has 2 aliphatic carbocycles. The molecule has 0 aromatic rings. The SMILES string of the molecule is CC1C(C)C(C)C(C(O)C2CCCCC2)C(C)C1C. The highest BCUT2D eigenvalue weighted by atomic mass is 16.3. The van der Waals surface area contributed by atoms with E-state index in [4.69, 9.17) is 0 Å². The van der Waals surface area contributed by atoms with Crippen LogP contribution < -0.4 is 0 Å². The monoisotopic (exact) mass is 266 g/mol. The smallest absolute Gasteiger partial charge is 0.0601 e. The first-order valence-electron chi connectivity index (χ1n) is 8.63. The lowest BCUT2D eigenvalue weighted by Gasteiger charge is -2.50. The van der Waals surface area contributed by atoms with Gasteiger partial charge in [0, 0.05) is 0 Å². The van der Waals surface area contributed by atoms with Gasteiger partial charge in [-0.15, -0.1) is 0 Å². The minimum Gasteiger partial charge on any atom is -0.393 e. The quantitative estimate of drug-likeness (QED) is 0.765. The van der Waals surface area contributed by atoms with Crippen LogP contribution in [0.5, 0.6) is 0 Å². The van der Waals surface area contributed by atoms with Gasteiger partial charge in [-0.25, -0.2) is 0 Å². The van der Waals surface area contributed by atoms with Crippen molar-refractivity contribution in [2.45, 2.75) is 72.8 Å². The Balaban J connectivity index is 2.11. The van der Waals surface area contributed by atoms with Crippen molar-refractivity contribution in [3.63, 3.8) is 0 Å². The fourth-order valence-electron chi connectivity index (χ4n) is 5.03. The predicted molar refractivity (Wildman–Crippen MR) is 81.9 cm³/mol. The molecule has 0 spiro atoms. The average Bonchev–Trinajstić information content (AvgIpc) is 2.44. The normalized spacial score (nSPS) is 47.1. The Morgan fingerprint density at radius 3 is 1.58 bits per heavy atom. The van der Waals surface area contributed by atoms with Gasteiger partial charge >= 0.3 is 0 Å². The molecule has 0 saturated heterocycles. The standard InChI is InChI=1S/C18H34O/c1-11-12(2)14(4)17(15(5)13(11)3)18(19)16-9-7-6-8-10-16/h11-19H,6-10H2,1-5H3. The first kappa shape index (κ1) is 15.4. The Bertz CT molecular complexity index is 265. The van der Waals surface area contributed by atoms with Gasteiger partial charge in [-0.3, -0.25) is 0 Å². The number of aliphatic hydroxyl groups excluding tert-OH is 1. The Morgan fingerprint density at radius 1 is 0.684 bits per heavy atom. The summed E-state index contributed by atoms with van der Waals surface area (Å²) < 4.78 is 0. The van der Waals surface area contributed by atoms with Crippen LogP contribution in [0.15, 0.2) is 0 Å². The van der Waals surface area contributed by atoms with E-state index in [1.807, 2.05) is 0 Å². The van der Waals surface area contributed by atoms with E-state index in [2.05, 4.69) is 34.6 Å². The van der Waals surface area contributed by atoms with Crippen molar-refractivity contribution < 1.29 is 5.11 Å². The second-order valence-electron chi connectivity index (χ2n) is 7.76. The van der Waals surface area contributed by atoms with E-state index in [1.54, 1.807) is 0 Å². The Labute approximate surface area is 120 Å². The molecule has 2 saturated carbocycles. The van der Waals surface area contributed by atoms with Crippen molar-refractivity contribution in [2.75, 3.05) is 0 Å². The molecule has 1 nitrogen and oxygen atoms in total. The van der Waals surface area contributed by atoms with Crippen LogP contribution >= 0.6 is 0 Å². The van der Waals surface area contributed by atoms with Gasteiger partial charge in [-0.1, -0.05) is 53.9 Å². The maximum Gasteiger partial charge on any atom is 0.0601 e. The third-order valence-corrected chi connectivity index (χ3v) is 7.06. The largest absolute Gasteiger partial charge is 0.393 e. The highest BCUT2D eigenvalue weighted by Crippen LogP contribution is 2.48. The van der Waals surface area contributed by atoms with Crippen LogP contribution in [0.25, 0.3) is 0 Å². The molecule has 0 bridgehead atoms. The molecule has 0 amide bonds. The van der Waals surface area contributed by atoms with Crippen LogP contribution in [-0.4, -0.2) is 11.2 Å². The van der Waals surface area contributed by atoms with E-state index >= 15 is 0 Å². The second kappa shape index (κ2) is 6.16. The van der Waals surface area contributed by atoms with Crippen molar-refractivity contribution in [2.24, 2.45) is 41.4 Å². The molecule has 112 valence electrons. The molecular weight excluding hydrogens is 232 g/mol. The molecule has 5 unspecified atom stereocenters. The Hall–Kier alpha value is -0.0400. The van der Waals surface area contributed by atoms with Gasteiger partial charge in [0.05, 0.1) is 6.10 Å². The van der Waals surface area contributed by atoms with Crippen molar-refractivity contribution in [3.05, 3.63) is 0 Å². The summed E-state index contributed by atoms with van der Waals surface area (Å²) in [5.74, 6) is 4.71. The summed E-state index contributed by atoms with van der Waals surface area (Å²) in [7, 11) is 0. The predicted octanol–water partition coefficient (Wildman–Crippen LogP) is 4.74. The van der Waals surface area contributed by atoms with Crippen molar-refractivity contribution in [1.29, 1.82) is 0 Å². The van der Waals surface area contributed by atoms with Gasteiger partial charge in [0.1, 0.15) is 0 Å². The first-order chi connectivity index (χ1) is 8.95. The number of aliphatic hydroxyl groups is 1. The molecular formula is C18H34O. The fraction of sp³-hybridized carbons (Fsp3) is 1.00. The Morgan fingerprint density at radius 2 is 1.11 bits per heavy atom. The Kier molecular flexibility index (Phi) is 4.98. The van der Waals surface area contributed by atoms with Crippen LogP contribution in [0.4, 0.5) is 0 Å². The van der Waals surface area contributed by atoms with E-state index in [-0.39, 0.29) is 6.10 Å². The van der Waals surface area contributed by atoms with E-state index in [9.17, 15) is 5.11 Å².